The fraction of sp³-hybridized carbons (Fsp3) is 0.571. The minimum absolute atomic E-state index is 0.0346. The summed E-state index contributed by atoms with van der Waals surface area (Å²) in [5.41, 5.74) is 5.02. The molecule has 0 amide bonds. The van der Waals surface area contributed by atoms with E-state index in [1.54, 1.807) is 6.07 Å². The number of anilines is 1. The average Bonchev–Trinajstić information content (AvgIpc) is 2.84. The Morgan fingerprint density at radius 2 is 2.00 bits per heavy atom. The number of likely N-dealkylation sites (N-methyl/N-ethyl adjacent to an activating group) is 1. The normalized spacial score (nSPS) is 18.1. The molecule has 0 heterocycles. The molecule has 0 atom stereocenters. The molecule has 1 aliphatic rings. The predicted octanol–water partition coefficient (Wildman–Crippen LogP) is 1.20. The lowest BCUT2D eigenvalue weighted by Gasteiger charge is -2.28. The van der Waals surface area contributed by atoms with Crippen LogP contribution in [-0.2, 0) is 10.0 Å². The van der Waals surface area contributed by atoms with Crippen molar-refractivity contribution in [1.82, 2.24) is 4.31 Å². The Hall–Kier alpha value is -1.31. The highest BCUT2D eigenvalue weighted by Crippen LogP contribution is 2.32. The van der Waals surface area contributed by atoms with E-state index in [4.69, 9.17) is 10.5 Å². The van der Waals surface area contributed by atoms with Crippen molar-refractivity contribution in [2.24, 2.45) is 0 Å². The number of hydrogen-bond donors (Lipinski definition) is 2. The second kappa shape index (κ2) is 5.82. The number of methoxy groups -OCH3 is 1. The van der Waals surface area contributed by atoms with E-state index in [0.717, 1.165) is 12.8 Å². The molecule has 118 valence electrons. The largest absolute Gasteiger partial charge is 0.497 e. The smallest absolute Gasteiger partial charge is 0.244 e. The molecule has 1 aromatic rings. The summed E-state index contributed by atoms with van der Waals surface area (Å²) < 4.78 is 31.3. The molecule has 2 rings (SSSR count). The number of benzene rings is 1. The fourth-order valence-electron chi connectivity index (χ4n) is 2.75. The molecule has 1 fully saturated rings. The van der Waals surface area contributed by atoms with Gasteiger partial charge in [-0.05, 0) is 25.0 Å². The van der Waals surface area contributed by atoms with Gasteiger partial charge in [-0.3, -0.25) is 0 Å². The SMILES string of the molecule is COc1ccc(S(=O)(=O)N(C)CC2(O)CCCC2)c(N)c1. The first kappa shape index (κ1) is 16.1. The zero-order chi connectivity index (χ0) is 15.7. The van der Waals surface area contributed by atoms with Crippen molar-refractivity contribution in [2.45, 2.75) is 36.2 Å². The summed E-state index contributed by atoms with van der Waals surface area (Å²) in [5, 5.41) is 10.4. The Kier molecular flexibility index (Phi) is 4.46. The Morgan fingerprint density at radius 1 is 1.38 bits per heavy atom. The summed E-state index contributed by atoms with van der Waals surface area (Å²) in [6.45, 7) is 0.0841. The van der Waals surface area contributed by atoms with Gasteiger partial charge in [-0.1, -0.05) is 12.8 Å². The van der Waals surface area contributed by atoms with E-state index in [-0.39, 0.29) is 17.1 Å². The van der Waals surface area contributed by atoms with Crippen LogP contribution in [0, 0.1) is 0 Å². The molecule has 0 spiro atoms. The first-order valence-corrected chi connectivity index (χ1v) is 8.35. The molecular weight excluding hydrogens is 292 g/mol. The number of rotatable bonds is 5. The summed E-state index contributed by atoms with van der Waals surface area (Å²) in [6.07, 6.45) is 3.11. The maximum Gasteiger partial charge on any atom is 0.244 e. The molecule has 1 saturated carbocycles. The number of ether oxygens (including phenoxy) is 1. The van der Waals surface area contributed by atoms with Crippen LogP contribution in [0.1, 0.15) is 25.7 Å². The van der Waals surface area contributed by atoms with Crippen molar-refractivity contribution in [3.05, 3.63) is 18.2 Å². The minimum atomic E-state index is -3.73. The molecule has 0 bridgehead atoms. The third-order valence-electron chi connectivity index (χ3n) is 3.96. The number of nitrogens with zero attached hydrogens (tertiary/aromatic N) is 1. The molecular formula is C14H22N2O4S. The summed E-state index contributed by atoms with van der Waals surface area (Å²) >= 11 is 0. The van der Waals surface area contributed by atoms with Crippen LogP contribution >= 0.6 is 0 Å². The van der Waals surface area contributed by atoms with Crippen molar-refractivity contribution < 1.29 is 18.3 Å². The van der Waals surface area contributed by atoms with E-state index in [1.807, 2.05) is 0 Å². The minimum Gasteiger partial charge on any atom is -0.497 e. The highest BCUT2D eigenvalue weighted by atomic mass is 32.2. The van der Waals surface area contributed by atoms with Gasteiger partial charge in [0.05, 0.1) is 18.4 Å². The van der Waals surface area contributed by atoms with Crippen LogP contribution in [0.3, 0.4) is 0 Å². The second-order valence-corrected chi connectivity index (χ2v) is 7.61. The van der Waals surface area contributed by atoms with Crippen LogP contribution < -0.4 is 10.5 Å². The topological polar surface area (TPSA) is 92.9 Å². The van der Waals surface area contributed by atoms with Gasteiger partial charge in [0.15, 0.2) is 0 Å². The number of aliphatic hydroxyl groups is 1. The van der Waals surface area contributed by atoms with Gasteiger partial charge in [0.25, 0.3) is 0 Å². The van der Waals surface area contributed by atoms with E-state index in [1.165, 1.54) is 30.6 Å². The zero-order valence-electron chi connectivity index (χ0n) is 12.4. The summed E-state index contributed by atoms with van der Waals surface area (Å²) in [7, 11) is -0.769. The molecule has 6 nitrogen and oxygen atoms in total. The second-order valence-electron chi connectivity index (χ2n) is 5.60. The molecule has 1 aliphatic carbocycles. The molecule has 7 heteroatoms. The lowest BCUT2D eigenvalue weighted by Crippen LogP contribution is -2.42. The Balaban J connectivity index is 2.24. The third-order valence-corrected chi connectivity index (χ3v) is 5.83. The average molecular weight is 314 g/mol. The van der Waals surface area contributed by atoms with Crippen LogP contribution in [0.5, 0.6) is 5.75 Å². The zero-order valence-corrected chi connectivity index (χ0v) is 13.2. The van der Waals surface area contributed by atoms with E-state index < -0.39 is 15.6 Å². The Bertz CT molecular complexity index is 609. The maximum absolute atomic E-state index is 12.6. The standard InChI is InChI=1S/C14H22N2O4S/c1-16(10-14(17)7-3-4-8-14)21(18,19)13-6-5-11(20-2)9-12(13)15/h5-6,9,17H,3-4,7-8,10,15H2,1-2H3. The lowest BCUT2D eigenvalue weighted by atomic mass is 10.0. The summed E-state index contributed by atoms with van der Waals surface area (Å²) in [6, 6.07) is 4.46. The number of hydrogen-bond acceptors (Lipinski definition) is 5. The quantitative estimate of drug-likeness (QED) is 0.797. The molecule has 21 heavy (non-hydrogen) atoms. The van der Waals surface area contributed by atoms with Gasteiger partial charge in [0.1, 0.15) is 10.6 Å². The van der Waals surface area contributed by atoms with E-state index in [9.17, 15) is 13.5 Å². The first-order chi connectivity index (χ1) is 9.78. The van der Waals surface area contributed by atoms with Crippen molar-refractivity contribution in [3.63, 3.8) is 0 Å². The number of sulfonamides is 1. The lowest BCUT2D eigenvalue weighted by molar-refractivity contribution is 0.0333. The molecule has 0 unspecified atom stereocenters. The molecule has 3 N–H and O–H groups in total. The van der Waals surface area contributed by atoms with Gasteiger partial charge < -0.3 is 15.6 Å². The fourth-order valence-corrected chi connectivity index (χ4v) is 4.09. The van der Waals surface area contributed by atoms with E-state index in [0.29, 0.717) is 18.6 Å². The van der Waals surface area contributed by atoms with Crippen LogP contribution in [0.15, 0.2) is 23.1 Å². The van der Waals surface area contributed by atoms with E-state index in [2.05, 4.69) is 0 Å². The Morgan fingerprint density at radius 3 is 2.52 bits per heavy atom. The first-order valence-electron chi connectivity index (χ1n) is 6.91. The van der Waals surface area contributed by atoms with E-state index >= 15 is 0 Å². The van der Waals surface area contributed by atoms with Gasteiger partial charge in [-0.2, -0.15) is 4.31 Å². The van der Waals surface area contributed by atoms with Crippen LogP contribution in [0.2, 0.25) is 0 Å². The molecule has 0 aliphatic heterocycles. The monoisotopic (exact) mass is 314 g/mol. The molecule has 0 saturated heterocycles. The van der Waals surface area contributed by atoms with Gasteiger partial charge in [-0.25, -0.2) is 8.42 Å². The van der Waals surface area contributed by atoms with Gasteiger partial charge in [0, 0.05) is 19.7 Å². The highest BCUT2D eigenvalue weighted by Gasteiger charge is 2.36. The molecule has 1 aromatic carbocycles. The molecule has 0 radical (unpaired) electrons. The number of nitrogen functional groups attached to an aromatic ring is 1. The molecule has 0 aromatic heterocycles. The van der Waals surface area contributed by atoms with Crippen molar-refractivity contribution in [1.29, 1.82) is 0 Å². The van der Waals surface area contributed by atoms with Crippen molar-refractivity contribution in [2.75, 3.05) is 26.4 Å². The van der Waals surface area contributed by atoms with Gasteiger partial charge >= 0.3 is 0 Å². The van der Waals surface area contributed by atoms with Crippen LogP contribution in [-0.4, -0.2) is 44.1 Å². The Labute approximate surface area is 125 Å². The third kappa shape index (κ3) is 3.30. The van der Waals surface area contributed by atoms with Crippen LogP contribution in [0.25, 0.3) is 0 Å². The summed E-state index contributed by atoms with van der Waals surface area (Å²) in [5.74, 6) is 0.503. The summed E-state index contributed by atoms with van der Waals surface area (Å²) in [4.78, 5) is 0.0346. The van der Waals surface area contributed by atoms with Gasteiger partial charge in [0.2, 0.25) is 10.0 Å². The predicted molar refractivity (Wildman–Crippen MR) is 80.6 cm³/mol. The van der Waals surface area contributed by atoms with Crippen LogP contribution in [0.4, 0.5) is 5.69 Å². The maximum atomic E-state index is 12.6. The van der Waals surface area contributed by atoms with Crippen molar-refractivity contribution >= 4 is 15.7 Å². The highest BCUT2D eigenvalue weighted by molar-refractivity contribution is 7.89. The van der Waals surface area contributed by atoms with Crippen molar-refractivity contribution in [3.8, 4) is 5.75 Å². The van der Waals surface area contributed by atoms with Gasteiger partial charge in [-0.15, -0.1) is 0 Å². The number of nitrogens with two attached hydrogens (primary N) is 1.